The fraction of sp³-hybridized carbons (Fsp3) is 0.235. The van der Waals surface area contributed by atoms with Gasteiger partial charge in [-0.3, -0.25) is 13.9 Å². The highest BCUT2D eigenvalue weighted by molar-refractivity contribution is 7.92. The van der Waals surface area contributed by atoms with Crippen molar-refractivity contribution in [3.63, 3.8) is 0 Å². The largest absolute Gasteiger partial charge is 0.493 e. The van der Waals surface area contributed by atoms with Crippen LogP contribution in [-0.4, -0.2) is 58.5 Å². The third kappa shape index (κ3) is 8.34. The number of carbonyl (C=O) groups is 2. The molecule has 0 saturated heterocycles. The molecule has 0 fully saturated rings. The van der Waals surface area contributed by atoms with Gasteiger partial charge in [-0.05, 0) is 54.4 Å². The van der Waals surface area contributed by atoms with Crippen LogP contribution >= 0.6 is 11.6 Å². The fourth-order valence-electron chi connectivity index (χ4n) is 4.87. The van der Waals surface area contributed by atoms with E-state index in [9.17, 15) is 18.0 Å². The molecule has 236 valence electrons. The minimum absolute atomic E-state index is 0.0825. The molecule has 9 nitrogen and oxygen atoms in total. The standard InChI is InChI=1S/C34H36ClN3O6S/c1-4-36-34(40)30(21-25-11-7-5-8-12-25)37(23-26-13-9-6-10-14-26)33(39)24-38(28-17-15-27(35)16-18-28)45(41,42)29-19-20-31(43-2)32(22-29)44-3/h5-20,22,30H,4,21,23-24H2,1-3H3,(H,36,40)/t30-/m1/s1. The summed E-state index contributed by atoms with van der Waals surface area (Å²) in [6.45, 7) is 1.66. The van der Waals surface area contributed by atoms with E-state index < -0.39 is 28.5 Å². The first-order valence-electron chi connectivity index (χ1n) is 14.3. The summed E-state index contributed by atoms with van der Waals surface area (Å²) in [5.41, 5.74) is 1.86. The molecule has 0 radical (unpaired) electrons. The number of likely N-dealkylation sites (N-methyl/N-ethyl adjacent to an activating group) is 1. The Morgan fingerprint density at radius 3 is 2.00 bits per heavy atom. The molecule has 45 heavy (non-hydrogen) atoms. The van der Waals surface area contributed by atoms with E-state index in [4.69, 9.17) is 21.1 Å². The van der Waals surface area contributed by atoms with Crippen LogP contribution in [0.1, 0.15) is 18.1 Å². The Kier molecular flexibility index (Phi) is 11.5. The van der Waals surface area contributed by atoms with Crippen molar-refractivity contribution < 1.29 is 27.5 Å². The lowest BCUT2D eigenvalue weighted by atomic mass is 10.0. The third-order valence-electron chi connectivity index (χ3n) is 7.15. The molecule has 4 rings (SSSR count). The van der Waals surface area contributed by atoms with Crippen molar-refractivity contribution in [1.29, 1.82) is 0 Å². The summed E-state index contributed by atoms with van der Waals surface area (Å²) in [7, 11) is -1.48. The predicted octanol–water partition coefficient (Wildman–Crippen LogP) is 5.33. The maximum Gasteiger partial charge on any atom is 0.264 e. The van der Waals surface area contributed by atoms with E-state index in [1.165, 1.54) is 49.5 Å². The van der Waals surface area contributed by atoms with Crippen molar-refractivity contribution in [3.8, 4) is 11.5 Å². The number of benzene rings is 4. The van der Waals surface area contributed by atoms with Gasteiger partial charge in [-0.1, -0.05) is 72.3 Å². The van der Waals surface area contributed by atoms with Crippen LogP contribution in [-0.2, 0) is 32.6 Å². The molecule has 0 aliphatic carbocycles. The normalized spacial score (nSPS) is 11.7. The Morgan fingerprint density at radius 2 is 1.42 bits per heavy atom. The molecule has 0 unspecified atom stereocenters. The molecule has 0 bridgehead atoms. The van der Waals surface area contributed by atoms with Crippen molar-refractivity contribution in [2.45, 2.75) is 30.8 Å². The maximum atomic E-state index is 14.4. The Labute approximate surface area is 269 Å². The van der Waals surface area contributed by atoms with Crippen LogP contribution in [0.4, 0.5) is 5.69 Å². The van der Waals surface area contributed by atoms with E-state index in [-0.39, 0.29) is 35.2 Å². The summed E-state index contributed by atoms with van der Waals surface area (Å²) >= 11 is 6.13. The van der Waals surface area contributed by atoms with Gasteiger partial charge in [0.15, 0.2) is 11.5 Å². The summed E-state index contributed by atoms with van der Waals surface area (Å²) in [4.78, 5) is 29.3. The highest BCUT2D eigenvalue weighted by Gasteiger charge is 2.34. The SMILES string of the molecule is CCNC(=O)[C@@H](Cc1ccccc1)N(Cc1ccccc1)C(=O)CN(c1ccc(Cl)cc1)S(=O)(=O)c1ccc(OC)c(OC)c1. The first-order chi connectivity index (χ1) is 21.7. The second-order valence-corrected chi connectivity index (χ2v) is 12.4. The number of amides is 2. The van der Waals surface area contributed by atoms with E-state index in [0.29, 0.717) is 17.3 Å². The Morgan fingerprint density at radius 1 is 0.822 bits per heavy atom. The zero-order chi connectivity index (χ0) is 32.4. The number of sulfonamides is 1. The van der Waals surface area contributed by atoms with Crippen molar-refractivity contribution in [1.82, 2.24) is 10.2 Å². The lowest BCUT2D eigenvalue weighted by Crippen LogP contribution is -2.53. The van der Waals surface area contributed by atoms with Crippen LogP contribution < -0.4 is 19.1 Å². The van der Waals surface area contributed by atoms with Crippen molar-refractivity contribution in [2.75, 3.05) is 31.6 Å². The first kappa shape index (κ1) is 33.4. The van der Waals surface area contributed by atoms with Crippen LogP contribution in [0.5, 0.6) is 11.5 Å². The Hall–Kier alpha value is -4.54. The zero-order valence-corrected chi connectivity index (χ0v) is 26.9. The summed E-state index contributed by atoms with van der Waals surface area (Å²) < 4.78 is 40.1. The molecule has 0 aliphatic heterocycles. The van der Waals surface area contributed by atoms with E-state index in [1.807, 2.05) is 60.7 Å². The zero-order valence-electron chi connectivity index (χ0n) is 25.4. The number of nitrogens with zero attached hydrogens (tertiary/aromatic N) is 2. The van der Waals surface area contributed by atoms with Gasteiger partial charge in [0.1, 0.15) is 12.6 Å². The summed E-state index contributed by atoms with van der Waals surface area (Å²) in [5.74, 6) is -0.340. The molecular formula is C34H36ClN3O6S. The molecule has 4 aromatic carbocycles. The molecule has 2 amide bonds. The molecule has 0 heterocycles. The molecule has 0 aromatic heterocycles. The second-order valence-electron chi connectivity index (χ2n) is 10.1. The number of hydrogen-bond acceptors (Lipinski definition) is 6. The summed E-state index contributed by atoms with van der Waals surface area (Å²) in [6.07, 6.45) is 0.231. The van der Waals surface area contributed by atoms with Gasteiger partial charge >= 0.3 is 0 Å². The smallest absolute Gasteiger partial charge is 0.264 e. The molecular weight excluding hydrogens is 614 g/mol. The van der Waals surface area contributed by atoms with Gasteiger partial charge in [0.25, 0.3) is 10.0 Å². The monoisotopic (exact) mass is 649 g/mol. The molecule has 11 heteroatoms. The third-order valence-corrected chi connectivity index (χ3v) is 9.18. The fourth-order valence-corrected chi connectivity index (χ4v) is 6.42. The summed E-state index contributed by atoms with van der Waals surface area (Å²) in [5, 5.41) is 3.25. The lowest BCUT2D eigenvalue weighted by molar-refractivity contribution is -0.140. The van der Waals surface area contributed by atoms with Gasteiger partial charge in [-0.15, -0.1) is 0 Å². The first-order valence-corrected chi connectivity index (χ1v) is 16.1. The molecule has 0 spiro atoms. The van der Waals surface area contributed by atoms with Gasteiger partial charge in [0, 0.05) is 30.6 Å². The maximum absolute atomic E-state index is 14.4. The molecule has 0 saturated carbocycles. The summed E-state index contributed by atoms with van der Waals surface area (Å²) in [6, 6.07) is 28.1. The van der Waals surface area contributed by atoms with Crippen LogP contribution in [0.2, 0.25) is 5.02 Å². The second kappa shape index (κ2) is 15.5. The van der Waals surface area contributed by atoms with Gasteiger partial charge in [0.2, 0.25) is 11.8 Å². The quantitative estimate of drug-likeness (QED) is 0.198. The van der Waals surface area contributed by atoms with Crippen molar-refractivity contribution in [2.24, 2.45) is 0 Å². The van der Waals surface area contributed by atoms with Gasteiger partial charge < -0.3 is 19.7 Å². The van der Waals surface area contributed by atoms with Gasteiger partial charge in [0.05, 0.1) is 24.8 Å². The molecule has 4 aromatic rings. The number of ether oxygens (including phenoxy) is 2. The van der Waals surface area contributed by atoms with Crippen LogP contribution in [0, 0.1) is 0 Å². The van der Waals surface area contributed by atoms with Crippen LogP contribution in [0.25, 0.3) is 0 Å². The Bertz CT molecular complexity index is 1690. The highest BCUT2D eigenvalue weighted by atomic mass is 35.5. The molecule has 1 atom stereocenters. The minimum atomic E-state index is -4.33. The van der Waals surface area contributed by atoms with E-state index in [1.54, 1.807) is 19.1 Å². The number of nitrogens with one attached hydrogen (secondary N) is 1. The Balaban J connectivity index is 1.80. The van der Waals surface area contributed by atoms with Crippen LogP contribution in [0.3, 0.4) is 0 Å². The van der Waals surface area contributed by atoms with Gasteiger partial charge in [-0.25, -0.2) is 8.42 Å². The highest BCUT2D eigenvalue weighted by Crippen LogP contribution is 2.33. The number of anilines is 1. The minimum Gasteiger partial charge on any atom is -0.493 e. The number of carbonyl (C=O) groups excluding carboxylic acids is 2. The number of hydrogen-bond donors (Lipinski definition) is 1. The van der Waals surface area contributed by atoms with Crippen molar-refractivity contribution >= 4 is 39.1 Å². The lowest BCUT2D eigenvalue weighted by Gasteiger charge is -2.34. The topological polar surface area (TPSA) is 105 Å². The van der Waals surface area contributed by atoms with Crippen molar-refractivity contribution in [3.05, 3.63) is 119 Å². The average Bonchev–Trinajstić information content (AvgIpc) is 3.06. The van der Waals surface area contributed by atoms with E-state index in [2.05, 4.69) is 5.32 Å². The van der Waals surface area contributed by atoms with E-state index in [0.717, 1.165) is 15.4 Å². The number of halogens is 1. The molecule has 1 N–H and O–H groups in total. The van der Waals surface area contributed by atoms with Gasteiger partial charge in [-0.2, -0.15) is 0 Å². The molecule has 0 aliphatic rings. The predicted molar refractivity (Wildman–Crippen MR) is 175 cm³/mol. The van der Waals surface area contributed by atoms with E-state index >= 15 is 0 Å². The average molecular weight is 650 g/mol. The number of methoxy groups -OCH3 is 2. The van der Waals surface area contributed by atoms with Crippen LogP contribution in [0.15, 0.2) is 108 Å². The number of rotatable bonds is 14.